The third-order valence-corrected chi connectivity index (χ3v) is 4.89. The van der Waals surface area contributed by atoms with Gasteiger partial charge in [0.25, 0.3) is 0 Å². The fourth-order valence-electron chi connectivity index (χ4n) is 2.92. The Hall–Kier alpha value is -2.38. The van der Waals surface area contributed by atoms with Gasteiger partial charge in [-0.05, 0) is 73.2 Å². The first-order chi connectivity index (χ1) is 15.7. The summed E-state index contributed by atoms with van der Waals surface area (Å²) in [6.07, 6.45) is 0.879. The van der Waals surface area contributed by atoms with Crippen molar-refractivity contribution in [3.8, 4) is 11.5 Å². The van der Waals surface area contributed by atoms with E-state index in [1.165, 1.54) is 18.3 Å². The molecule has 0 aliphatic carbocycles. The molecule has 2 aromatic rings. The molecule has 0 radical (unpaired) electrons. The lowest BCUT2D eigenvalue weighted by Crippen LogP contribution is -2.04. The van der Waals surface area contributed by atoms with Gasteiger partial charge in [-0.1, -0.05) is 47.4 Å². The van der Waals surface area contributed by atoms with E-state index in [1.807, 2.05) is 26.0 Å². The number of oxime groups is 1. The van der Waals surface area contributed by atoms with Crippen LogP contribution in [0, 0.1) is 6.92 Å². The Morgan fingerprint density at radius 1 is 1.03 bits per heavy atom. The minimum Gasteiger partial charge on any atom is -0.493 e. The van der Waals surface area contributed by atoms with Crippen LogP contribution in [0.25, 0.3) is 0 Å². The van der Waals surface area contributed by atoms with E-state index in [9.17, 15) is 13.2 Å². The molecule has 0 unspecified atom stereocenters. The highest BCUT2D eigenvalue weighted by Gasteiger charge is 2.29. The predicted octanol–water partition coefficient (Wildman–Crippen LogP) is 7.48. The van der Waals surface area contributed by atoms with Crippen LogP contribution in [0.4, 0.5) is 13.2 Å². The smallest absolute Gasteiger partial charge is 0.416 e. The Kier molecular flexibility index (Phi) is 10.9. The minimum atomic E-state index is -4.35. The van der Waals surface area contributed by atoms with Crippen LogP contribution in [-0.2, 0) is 17.4 Å². The fraction of sp³-hybridized carbons (Fsp3) is 0.375. The quantitative estimate of drug-likeness (QED) is 0.171. The Morgan fingerprint density at radius 3 is 2.36 bits per heavy atom. The highest BCUT2D eigenvalue weighted by Crippen LogP contribution is 2.30. The molecule has 0 aliphatic rings. The molecule has 4 nitrogen and oxygen atoms in total. The second kappa shape index (κ2) is 13.4. The van der Waals surface area contributed by atoms with Crippen LogP contribution in [0.2, 0.25) is 0 Å². The Balaban J connectivity index is 1.73. The maximum Gasteiger partial charge on any atom is 0.416 e. The van der Waals surface area contributed by atoms with Gasteiger partial charge >= 0.3 is 6.18 Å². The van der Waals surface area contributed by atoms with E-state index in [4.69, 9.17) is 37.5 Å². The maximum absolute atomic E-state index is 12.5. The van der Waals surface area contributed by atoms with Gasteiger partial charge in [0.1, 0.15) is 29.2 Å². The van der Waals surface area contributed by atoms with E-state index in [0.29, 0.717) is 18.8 Å². The molecule has 0 N–H and O–H groups in total. The highest BCUT2D eigenvalue weighted by atomic mass is 35.5. The first kappa shape index (κ1) is 26.9. The number of unbranched alkanes of at least 4 members (excludes halogenated alkanes) is 1. The summed E-state index contributed by atoms with van der Waals surface area (Å²) in [4.78, 5) is 5.18. The molecular weight excluding hydrogens is 478 g/mol. The first-order valence-corrected chi connectivity index (χ1v) is 11.2. The average molecular weight is 504 g/mol. The molecule has 0 saturated carbocycles. The molecule has 9 heteroatoms. The second-order valence-corrected chi connectivity index (χ2v) is 8.14. The van der Waals surface area contributed by atoms with Crippen LogP contribution >= 0.6 is 23.2 Å². The zero-order valence-corrected chi connectivity index (χ0v) is 19.9. The fourth-order valence-corrected chi connectivity index (χ4v) is 3.04. The zero-order valence-electron chi connectivity index (χ0n) is 18.4. The van der Waals surface area contributed by atoms with E-state index in [0.717, 1.165) is 54.0 Å². The molecule has 0 aromatic heterocycles. The molecule has 2 aromatic carbocycles. The van der Waals surface area contributed by atoms with Gasteiger partial charge in [0, 0.05) is 0 Å². The number of benzene rings is 2. The van der Waals surface area contributed by atoms with Gasteiger partial charge in [-0.25, -0.2) is 0 Å². The molecule has 0 saturated heterocycles. The SMILES string of the molecule is CCc1cc(OCC=C(Cl)Cl)cc(C)c1OCCCCON=Cc1ccc(C(F)(F)F)cc1. The maximum atomic E-state index is 12.5. The molecule has 180 valence electrons. The van der Waals surface area contributed by atoms with E-state index >= 15 is 0 Å². The van der Waals surface area contributed by atoms with Crippen molar-refractivity contribution in [1.29, 1.82) is 0 Å². The normalized spacial score (nSPS) is 11.5. The summed E-state index contributed by atoms with van der Waals surface area (Å²) < 4.78 is 49.4. The molecule has 33 heavy (non-hydrogen) atoms. The highest BCUT2D eigenvalue weighted by molar-refractivity contribution is 6.55. The summed E-state index contributed by atoms with van der Waals surface area (Å²) in [6, 6.07) is 8.56. The molecule has 0 heterocycles. The summed E-state index contributed by atoms with van der Waals surface area (Å²) >= 11 is 11.2. The van der Waals surface area contributed by atoms with Gasteiger partial charge in [0.2, 0.25) is 0 Å². The Labute approximate surface area is 201 Å². The van der Waals surface area contributed by atoms with Crippen LogP contribution in [0.15, 0.2) is 52.1 Å². The molecule has 0 spiro atoms. The van der Waals surface area contributed by atoms with Crippen LogP contribution in [0.1, 0.15) is 42.0 Å². The number of hydrogen-bond acceptors (Lipinski definition) is 4. The second-order valence-electron chi connectivity index (χ2n) is 7.13. The van der Waals surface area contributed by atoms with Crippen molar-refractivity contribution in [3.05, 3.63) is 69.2 Å². The van der Waals surface area contributed by atoms with Crippen molar-refractivity contribution < 1.29 is 27.5 Å². The Morgan fingerprint density at radius 2 is 1.73 bits per heavy atom. The van der Waals surface area contributed by atoms with Gasteiger partial charge in [-0.2, -0.15) is 13.2 Å². The third-order valence-electron chi connectivity index (χ3n) is 4.58. The largest absolute Gasteiger partial charge is 0.493 e. The van der Waals surface area contributed by atoms with Crippen LogP contribution in [0.3, 0.4) is 0 Å². The lowest BCUT2D eigenvalue weighted by Gasteiger charge is -2.15. The van der Waals surface area contributed by atoms with Crippen molar-refractivity contribution in [2.24, 2.45) is 5.16 Å². The summed E-state index contributed by atoms with van der Waals surface area (Å²) in [6.45, 7) is 5.19. The van der Waals surface area contributed by atoms with E-state index in [1.54, 1.807) is 6.08 Å². The van der Waals surface area contributed by atoms with Crippen molar-refractivity contribution >= 4 is 29.4 Å². The summed E-state index contributed by atoms with van der Waals surface area (Å²) in [5.41, 5.74) is 1.85. The molecular formula is C24H26Cl2F3NO3. The number of alkyl halides is 3. The van der Waals surface area contributed by atoms with Crippen molar-refractivity contribution in [2.75, 3.05) is 19.8 Å². The number of nitrogens with zero attached hydrogens (tertiary/aromatic N) is 1. The lowest BCUT2D eigenvalue weighted by molar-refractivity contribution is -0.137. The molecule has 0 aliphatic heterocycles. The number of halogens is 5. The summed E-state index contributed by atoms with van der Waals surface area (Å²) in [5.74, 6) is 1.57. The van der Waals surface area contributed by atoms with Crippen LogP contribution < -0.4 is 9.47 Å². The van der Waals surface area contributed by atoms with Crippen molar-refractivity contribution in [1.82, 2.24) is 0 Å². The molecule has 2 rings (SSSR count). The first-order valence-electron chi connectivity index (χ1n) is 10.4. The standard InChI is InChI=1S/C24H26Cl2F3NO3/c1-3-19-15-21(31-13-10-22(25)26)14-17(2)23(19)32-11-4-5-12-33-30-16-18-6-8-20(9-7-18)24(27,28)29/h6-10,14-16H,3-5,11-13H2,1-2H3. The molecule has 0 amide bonds. The average Bonchev–Trinajstić information content (AvgIpc) is 2.75. The number of aryl methyl sites for hydroxylation is 2. The van der Waals surface area contributed by atoms with Gasteiger partial charge in [-0.3, -0.25) is 0 Å². The van der Waals surface area contributed by atoms with Gasteiger partial charge in [0.15, 0.2) is 0 Å². The van der Waals surface area contributed by atoms with Gasteiger partial charge in [0.05, 0.1) is 18.4 Å². The lowest BCUT2D eigenvalue weighted by atomic mass is 10.1. The van der Waals surface area contributed by atoms with E-state index < -0.39 is 11.7 Å². The molecule has 0 fully saturated rings. The Bertz CT molecular complexity index is 941. The summed E-state index contributed by atoms with van der Waals surface area (Å²) in [5, 5.41) is 3.79. The van der Waals surface area contributed by atoms with Crippen molar-refractivity contribution in [3.63, 3.8) is 0 Å². The topological polar surface area (TPSA) is 40.0 Å². The minimum absolute atomic E-state index is 0.164. The molecule has 0 atom stereocenters. The third kappa shape index (κ3) is 9.56. The van der Waals surface area contributed by atoms with Crippen LogP contribution in [-0.4, -0.2) is 26.0 Å². The zero-order chi connectivity index (χ0) is 24.3. The monoisotopic (exact) mass is 503 g/mol. The van der Waals surface area contributed by atoms with Gasteiger partial charge < -0.3 is 14.3 Å². The predicted molar refractivity (Wildman–Crippen MR) is 126 cm³/mol. The number of hydrogen-bond donors (Lipinski definition) is 0. The number of rotatable bonds is 12. The van der Waals surface area contributed by atoms with E-state index in [2.05, 4.69) is 5.16 Å². The molecule has 0 bridgehead atoms. The van der Waals surface area contributed by atoms with Crippen LogP contribution in [0.5, 0.6) is 11.5 Å². The number of ether oxygens (including phenoxy) is 2. The van der Waals surface area contributed by atoms with Crippen molar-refractivity contribution in [2.45, 2.75) is 39.3 Å². The van der Waals surface area contributed by atoms with E-state index in [-0.39, 0.29) is 11.1 Å². The van der Waals surface area contributed by atoms with Gasteiger partial charge in [-0.15, -0.1) is 0 Å². The summed E-state index contributed by atoms with van der Waals surface area (Å²) in [7, 11) is 0.